The van der Waals surface area contributed by atoms with Crippen molar-refractivity contribution in [3.05, 3.63) is 71.4 Å². The van der Waals surface area contributed by atoms with E-state index in [9.17, 15) is 4.79 Å². The van der Waals surface area contributed by atoms with Gasteiger partial charge in [-0.25, -0.2) is 0 Å². The van der Waals surface area contributed by atoms with Gasteiger partial charge in [0.25, 0.3) is 0 Å². The third-order valence-electron chi connectivity index (χ3n) is 4.04. The standard InChI is InChI=1S/C20H17N5O2S/c1-27-15-5-2-4-14(12-15)7-10-20(26)21-13-19-23-22-18-9-8-16(24-25(18)19)17-6-3-11-28-17/h2-12H,13H2,1H3,(H,21,26)/b10-7+. The lowest BCUT2D eigenvalue weighted by Gasteiger charge is -2.03. The highest BCUT2D eigenvalue weighted by Gasteiger charge is 2.10. The Labute approximate surface area is 165 Å². The second-order valence-electron chi connectivity index (χ2n) is 5.91. The molecule has 140 valence electrons. The van der Waals surface area contributed by atoms with Gasteiger partial charge in [0.05, 0.1) is 18.5 Å². The number of ether oxygens (including phenoxy) is 1. The zero-order valence-corrected chi connectivity index (χ0v) is 15.9. The van der Waals surface area contributed by atoms with Gasteiger partial charge in [-0.3, -0.25) is 4.79 Å². The molecular formula is C20H17N5O2S. The van der Waals surface area contributed by atoms with Crippen molar-refractivity contribution in [2.45, 2.75) is 6.54 Å². The summed E-state index contributed by atoms with van der Waals surface area (Å²) in [4.78, 5) is 13.2. The Morgan fingerprint density at radius 2 is 2.14 bits per heavy atom. The number of hydrogen-bond donors (Lipinski definition) is 1. The molecule has 0 bridgehead atoms. The van der Waals surface area contributed by atoms with Gasteiger partial charge in [-0.1, -0.05) is 18.2 Å². The second kappa shape index (κ2) is 8.01. The van der Waals surface area contributed by atoms with Gasteiger partial charge in [-0.05, 0) is 47.4 Å². The van der Waals surface area contributed by atoms with Crippen molar-refractivity contribution >= 4 is 29.0 Å². The molecule has 0 unspecified atom stereocenters. The van der Waals surface area contributed by atoms with Crippen LogP contribution in [0.2, 0.25) is 0 Å². The number of thiophene rings is 1. The molecule has 0 spiro atoms. The van der Waals surface area contributed by atoms with E-state index < -0.39 is 0 Å². The summed E-state index contributed by atoms with van der Waals surface area (Å²) in [5, 5.41) is 17.6. The van der Waals surface area contributed by atoms with Gasteiger partial charge in [0, 0.05) is 6.08 Å². The zero-order chi connectivity index (χ0) is 19.3. The monoisotopic (exact) mass is 391 g/mol. The lowest BCUT2D eigenvalue weighted by molar-refractivity contribution is -0.116. The topological polar surface area (TPSA) is 81.4 Å². The number of carbonyl (C=O) groups is 1. The van der Waals surface area contributed by atoms with Crippen LogP contribution in [-0.2, 0) is 11.3 Å². The fourth-order valence-corrected chi connectivity index (χ4v) is 3.33. The minimum absolute atomic E-state index is 0.226. The highest BCUT2D eigenvalue weighted by atomic mass is 32.1. The van der Waals surface area contributed by atoms with Crippen molar-refractivity contribution < 1.29 is 9.53 Å². The molecule has 0 aliphatic carbocycles. The fourth-order valence-electron chi connectivity index (χ4n) is 2.64. The van der Waals surface area contributed by atoms with E-state index >= 15 is 0 Å². The molecule has 0 aliphatic rings. The summed E-state index contributed by atoms with van der Waals surface area (Å²) < 4.78 is 6.83. The van der Waals surface area contributed by atoms with E-state index in [4.69, 9.17) is 4.74 Å². The molecule has 4 aromatic rings. The third-order valence-corrected chi connectivity index (χ3v) is 4.94. The van der Waals surface area contributed by atoms with Crippen LogP contribution >= 0.6 is 11.3 Å². The van der Waals surface area contributed by atoms with Crippen molar-refractivity contribution in [3.63, 3.8) is 0 Å². The molecule has 28 heavy (non-hydrogen) atoms. The number of nitrogens with zero attached hydrogens (tertiary/aromatic N) is 4. The highest BCUT2D eigenvalue weighted by molar-refractivity contribution is 7.13. The minimum atomic E-state index is -0.228. The van der Waals surface area contributed by atoms with Crippen molar-refractivity contribution in [1.29, 1.82) is 0 Å². The Hall–Kier alpha value is -3.52. The second-order valence-corrected chi connectivity index (χ2v) is 6.86. The molecular weight excluding hydrogens is 374 g/mol. The largest absolute Gasteiger partial charge is 0.497 e. The number of benzene rings is 1. The SMILES string of the molecule is COc1cccc(/C=C/C(=O)NCc2nnc3ccc(-c4cccs4)nn23)c1. The number of rotatable bonds is 6. The van der Waals surface area contributed by atoms with Gasteiger partial charge in [0.2, 0.25) is 5.91 Å². The van der Waals surface area contributed by atoms with Crippen molar-refractivity contribution in [3.8, 4) is 16.3 Å². The number of amides is 1. The van der Waals surface area contributed by atoms with E-state index in [0.717, 1.165) is 21.9 Å². The third kappa shape index (κ3) is 3.91. The molecule has 0 atom stereocenters. The maximum atomic E-state index is 12.2. The predicted octanol–water partition coefficient (Wildman–Crippen LogP) is 3.19. The lowest BCUT2D eigenvalue weighted by atomic mass is 10.2. The summed E-state index contributed by atoms with van der Waals surface area (Å²) >= 11 is 1.61. The van der Waals surface area contributed by atoms with Crippen LogP contribution in [0.25, 0.3) is 22.3 Å². The number of carbonyl (C=O) groups excluding carboxylic acids is 1. The van der Waals surface area contributed by atoms with Crippen LogP contribution in [0, 0.1) is 0 Å². The number of aromatic nitrogens is 4. The van der Waals surface area contributed by atoms with E-state index in [0.29, 0.717) is 11.5 Å². The van der Waals surface area contributed by atoms with E-state index in [1.54, 1.807) is 29.0 Å². The van der Waals surface area contributed by atoms with Crippen LogP contribution in [0.4, 0.5) is 0 Å². The first-order valence-corrected chi connectivity index (χ1v) is 9.46. The molecule has 7 nitrogen and oxygen atoms in total. The Kier molecular flexibility index (Phi) is 5.11. The molecule has 8 heteroatoms. The minimum Gasteiger partial charge on any atom is -0.497 e. The van der Waals surface area contributed by atoms with Gasteiger partial charge >= 0.3 is 0 Å². The lowest BCUT2D eigenvalue weighted by Crippen LogP contribution is -2.22. The van der Waals surface area contributed by atoms with Crippen LogP contribution < -0.4 is 10.1 Å². The fraction of sp³-hybridized carbons (Fsp3) is 0.100. The zero-order valence-electron chi connectivity index (χ0n) is 15.1. The summed E-state index contributed by atoms with van der Waals surface area (Å²) in [7, 11) is 1.61. The summed E-state index contributed by atoms with van der Waals surface area (Å²) in [5.74, 6) is 1.08. The first-order chi connectivity index (χ1) is 13.7. The Balaban J connectivity index is 1.45. The van der Waals surface area contributed by atoms with Crippen molar-refractivity contribution in [2.75, 3.05) is 7.11 Å². The number of fused-ring (bicyclic) bond motifs is 1. The first kappa shape index (κ1) is 17.9. The molecule has 0 saturated heterocycles. The van der Waals surface area contributed by atoms with E-state index in [-0.39, 0.29) is 12.5 Å². The molecule has 0 fully saturated rings. The van der Waals surface area contributed by atoms with E-state index in [2.05, 4.69) is 20.6 Å². The normalized spacial score (nSPS) is 11.2. The van der Waals surface area contributed by atoms with Crippen LogP contribution in [0.3, 0.4) is 0 Å². The highest BCUT2D eigenvalue weighted by Crippen LogP contribution is 2.22. The molecule has 3 heterocycles. The summed E-state index contributed by atoms with van der Waals surface area (Å²) in [5.41, 5.74) is 2.36. The van der Waals surface area contributed by atoms with Crippen LogP contribution in [-0.4, -0.2) is 32.8 Å². The molecule has 0 saturated carbocycles. The quantitative estimate of drug-likeness (QED) is 0.511. The number of methoxy groups -OCH3 is 1. The van der Waals surface area contributed by atoms with Crippen molar-refractivity contribution in [1.82, 2.24) is 25.1 Å². The summed E-state index contributed by atoms with van der Waals surface area (Å²) in [6.45, 7) is 0.226. The van der Waals surface area contributed by atoms with Gasteiger partial charge in [-0.15, -0.1) is 21.5 Å². The Bertz CT molecular complexity index is 1130. The molecule has 4 rings (SSSR count). The molecule has 0 radical (unpaired) electrons. The number of nitrogens with one attached hydrogen (secondary N) is 1. The molecule has 3 aromatic heterocycles. The molecule has 1 N–H and O–H groups in total. The smallest absolute Gasteiger partial charge is 0.244 e. The molecule has 1 aromatic carbocycles. The average Bonchev–Trinajstić information content (AvgIpc) is 3.40. The van der Waals surface area contributed by atoms with Crippen LogP contribution in [0.15, 0.2) is 60.0 Å². The maximum Gasteiger partial charge on any atom is 0.244 e. The van der Waals surface area contributed by atoms with Crippen molar-refractivity contribution in [2.24, 2.45) is 0 Å². The van der Waals surface area contributed by atoms with Gasteiger partial charge < -0.3 is 10.1 Å². The average molecular weight is 391 g/mol. The Morgan fingerprint density at radius 3 is 2.96 bits per heavy atom. The summed E-state index contributed by atoms with van der Waals surface area (Å²) in [6, 6.07) is 15.2. The molecule has 1 amide bonds. The van der Waals surface area contributed by atoms with Gasteiger partial charge in [0.15, 0.2) is 11.5 Å². The Morgan fingerprint density at radius 1 is 1.21 bits per heavy atom. The van der Waals surface area contributed by atoms with Gasteiger partial charge in [-0.2, -0.15) is 9.61 Å². The summed E-state index contributed by atoms with van der Waals surface area (Å²) in [6.07, 6.45) is 3.20. The van der Waals surface area contributed by atoms with Crippen LogP contribution in [0.1, 0.15) is 11.4 Å². The number of hydrogen-bond acceptors (Lipinski definition) is 6. The first-order valence-electron chi connectivity index (χ1n) is 8.58. The predicted molar refractivity (Wildman–Crippen MR) is 108 cm³/mol. The van der Waals surface area contributed by atoms with Crippen LogP contribution in [0.5, 0.6) is 5.75 Å². The molecule has 0 aliphatic heterocycles. The maximum absolute atomic E-state index is 12.2. The van der Waals surface area contributed by atoms with E-state index in [1.807, 2.05) is 53.9 Å². The van der Waals surface area contributed by atoms with E-state index in [1.165, 1.54) is 6.08 Å². The van der Waals surface area contributed by atoms with Gasteiger partial charge in [0.1, 0.15) is 11.4 Å².